The molecule has 126 valence electrons. The molecule has 1 saturated heterocycles. The predicted molar refractivity (Wildman–Crippen MR) is 91.4 cm³/mol. The molecule has 0 radical (unpaired) electrons. The molecule has 1 heterocycles. The number of nitrogens with one attached hydrogen (secondary N) is 2. The molecule has 2 atom stereocenters. The lowest BCUT2D eigenvalue weighted by Crippen LogP contribution is -2.36. The Morgan fingerprint density at radius 2 is 1.71 bits per heavy atom. The molecule has 0 spiro atoms. The zero-order valence-corrected chi connectivity index (χ0v) is 13.4. The predicted octanol–water partition coefficient (Wildman–Crippen LogP) is 2.50. The van der Waals surface area contributed by atoms with Crippen molar-refractivity contribution in [2.24, 2.45) is 0 Å². The average molecular weight is 326 g/mol. The fourth-order valence-electron chi connectivity index (χ4n) is 3.16. The first kappa shape index (κ1) is 16.6. The third kappa shape index (κ3) is 4.20. The molecule has 2 aromatic carbocycles. The van der Waals surface area contributed by atoms with E-state index in [1.54, 1.807) is 0 Å². The normalized spacial score (nSPS) is 20.2. The van der Waals surface area contributed by atoms with Gasteiger partial charge in [-0.25, -0.2) is 4.89 Å². The molecule has 24 heavy (non-hydrogen) atoms. The van der Waals surface area contributed by atoms with Gasteiger partial charge < -0.3 is 5.32 Å². The zero-order valence-electron chi connectivity index (χ0n) is 13.4. The summed E-state index contributed by atoms with van der Waals surface area (Å²) < 4.78 is 0. The molecule has 0 bridgehead atoms. The van der Waals surface area contributed by atoms with E-state index in [-0.39, 0.29) is 17.9 Å². The van der Waals surface area contributed by atoms with Gasteiger partial charge in [0.15, 0.2) is 0 Å². The van der Waals surface area contributed by atoms with Gasteiger partial charge >= 0.3 is 0 Å². The highest BCUT2D eigenvalue weighted by Gasteiger charge is 2.27. The zero-order chi connectivity index (χ0) is 16.8. The fraction of sp³-hybridized carbons (Fsp3) is 0.316. The first-order valence-corrected chi connectivity index (χ1v) is 8.19. The first-order chi connectivity index (χ1) is 11.8. The molecule has 1 fully saturated rings. The Labute approximate surface area is 141 Å². The van der Waals surface area contributed by atoms with Crippen LogP contribution in [0.5, 0.6) is 0 Å². The summed E-state index contributed by atoms with van der Waals surface area (Å²) in [5.74, 6) is 0.0183. The lowest BCUT2D eigenvalue weighted by Gasteiger charge is -2.19. The maximum Gasteiger partial charge on any atom is 0.221 e. The molecule has 1 aliphatic heterocycles. The first-order valence-electron chi connectivity index (χ1n) is 8.19. The Hall–Kier alpha value is -2.21. The highest BCUT2D eigenvalue weighted by molar-refractivity contribution is 5.78. The van der Waals surface area contributed by atoms with E-state index < -0.39 is 6.23 Å². The molecule has 0 aliphatic carbocycles. The van der Waals surface area contributed by atoms with Crippen LogP contribution in [-0.2, 0) is 9.68 Å². The van der Waals surface area contributed by atoms with E-state index in [4.69, 9.17) is 5.26 Å². The van der Waals surface area contributed by atoms with E-state index in [2.05, 4.69) is 39.8 Å². The summed E-state index contributed by atoms with van der Waals surface area (Å²) in [6.45, 7) is 0.596. The van der Waals surface area contributed by atoms with Crippen molar-refractivity contribution in [3.63, 3.8) is 0 Å². The van der Waals surface area contributed by atoms with E-state index in [0.717, 1.165) is 11.1 Å². The van der Waals surface area contributed by atoms with Crippen molar-refractivity contribution in [1.29, 1.82) is 0 Å². The molecular formula is C19H22N2O3. The van der Waals surface area contributed by atoms with Gasteiger partial charge in [-0.05, 0) is 11.1 Å². The molecule has 3 N–H and O–H groups in total. The van der Waals surface area contributed by atoms with Crippen molar-refractivity contribution < 1.29 is 14.9 Å². The van der Waals surface area contributed by atoms with Crippen LogP contribution >= 0.6 is 0 Å². The number of hydrogen-bond donors (Lipinski definition) is 3. The van der Waals surface area contributed by atoms with Crippen LogP contribution in [-0.4, -0.2) is 30.0 Å². The van der Waals surface area contributed by atoms with Crippen molar-refractivity contribution in [3.8, 4) is 0 Å². The summed E-state index contributed by atoms with van der Waals surface area (Å²) in [4.78, 5) is 16.8. The Morgan fingerprint density at radius 1 is 1.12 bits per heavy atom. The Balaban J connectivity index is 1.69. The van der Waals surface area contributed by atoms with E-state index >= 15 is 0 Å². The van der Waals surface area contributed by atoms with E-state index in [9.17, 15) is 4.79 Å². The minimum Gasteiger partial charge on any atom is -0.352 e. The van der Waals surface area contributed by atoms with Crippen LogP contribution in [0.15, 0.2) is 60.7 Å². The van der Waals surface area contributed by atoms with Gasteiger partial charge in [-0.15, -0.1) is 0 Å². The van der Waals surface area contributed by atoms with Crippen LogP contribution in [0.25, 0.3) is 0 Å². The largest absolute Gasteiger partial charge is 0.352 e. The van der Waals surface area contributed by atoms with Gasteiger partial charge in [-0.1, -0.05) is 60.7 Å². The van der Waals surface area contributed by atoms with E-state index in [1.165, 1.54) is 0 Å². The monoisotopic (exact) mass is 326 g/mol. The summed E-state index contributed by atoms with van der Waals surface area (Å²) >= 11 is 0. The molecule has 1 aliphatic rings. The number of benzene rings is 2. The van der Waals surface area contributed by atoms with Crippen LogP contribution in [0.1, 0.15) is 29.9 Å². The Morgan fingerprint density at radius 3 is 2.21 bits per heavy atom. The van der Waals surface area contributed by atoms with Crippen LogP contribution in [0, 0.1) is 0 Å². The number of hydrogen-bond acceptors (Lipinski definition) is 4. The molecule has 1 amide bonds. The van der Waals surface area contributed by atoms with Crippen LogP contribution in [0.3, 0.4) is 0 Å². The minimum atomic E-state index is -0.408. The number of carbonyl (C=O) groups excluding carboxylic acids is 1. The molecular weight excluding hydrogens is 304 g/mol. The van der Waals surface area contributed by atoms with Crippen molar-refractivity contribution in [2.75, 3.05) is 6.54 Å². The molecule has 2 aromatic rings. The van der Waals surface area contributed by atoms with Gasteiger partial charge in [0.2, 0.25) is 5.91 Å². The van der Waals surface area contributed by atoms with Gasteiger partial charge in [0.05, 0.1) is 0 Å². The Kier molecular flexibility index (Phi) is 5.59. The average Bonchev–Trinajstić information content (AvgIpc) is 3.08. The summed E-state index contributed by atoms with van der Waals surface area (Å²) in [7, 11) is 0. The highest BCUT2D eigenvalue weighted by Crippen LogP contribution is 2.27. The standard InChI is InChI=1S/C19H22N2O3/c22-18(21-16-11-19(24-23)20-13-16)12-17(14-7-3-1-4-8-14)15-9-5-2-6-10-15/h1-10,16-17,19-20,23H,11-13H2,(H,21,22). The van der Waals surface area contributed by atoms with Gasteiger partial charge in [0.25, 0.3) is 0 Å². The second-order valence-corrected chi connectivity index (χ2v) is 6.08. The highest BCUT2D eigenvalue weighted by atomic mass is 17.1. The topological polar surface area (TPSA) is 70.6 Å². The lowest BCUT2D eigenvalue weighted by atomic mass is 9.88. The summed E-state index contributed by atoms with van der Waals surface area (Å²) in [5.41, 5.74) is 2.25. The third-order valence-electron chi connectivity index (χ3n) is 4.38. The number of carbonyl (C=O) groups is 1. The van der Waals surface area contributed by atoms with Gasteiger partial charge in [0.1, 0.15) is 6.23 Å². The summed E-state index contributed by atoms with van der Waals surface area (Å²) in [6, 6.07) is 20.1. The summed E-state index contributed by atoms with van der Waals surface area (Å²) in [6.07, 6.45) is 0.535. The number of amides is 1. The molecule has 2 unspecified atom stereocenters. The lowest BCUT2D eigenvalue weighted by molar-refractivity contribution is -0.282. The second kappa shape index (κ2) is 8.06. The van der Waals surface area contributed by atoms with Crippen molar-refractivity contribution >= 4 is 5.91 Å². The quantitative estimate of drug-likeness (QED) is 0.563. The van der Waals surface area contributed by atoms with Crippen molar-refractivity contribution in [3.05, 3.63) is 71.8 Å². The molecule has 0 saturated carbocycles. The maximum absolute atomic E-state index is 12.5. The van der Waals surface area contributed by atoms with Crippen molar-refractivity contribution in [1.82, 2.24) is 10.6 Å². The van der Waals surface area contributed by atoms with E-state index in [0.29, 0.717) is 19.4 Å². The number of rotatable bonds is 6. The van der Waals surface area contributed by atoms with Crippen molar-refractivity contribution in [2.45, 2.75) is 31.0 Å². The second-order valence-electron chi connectivity index (χ2n) is 6.08. The molecule has 5 heteroatoms. The molecule has 3 rings (SSSR count). The van der Waals surface area contributed by atoms with E-state index in [1.807, 2.05) is 36.4 Å². The third-order valence-corrected chi connectivity index (χ3v) is 4.38. The maximum atomic E-state index is 12.5. The smallest absolute Gasteiger partial charge is 0.221 e. The van der Waals surface area contributed by atoms with Gasteiger partial charge in [0, 0.05) is 31.3 Å². The minimum absolute atomic E-state index is 0.00176. The Bertz CT molecular complexity index is 609. The summed E-state index contributed by atoms with van der Waals surface area (Å²) in [5, 5.41) is 14.7. The van der Waals surface area contributed by atoms with Crippen LogP contribution < -0.4 is 10.6 Å². The van der Waals surface area contributed by atoms with Gasteiger partial charge in [-0.3, -0.25) is 15.4 Å². The SMILES string of the molecule is O=C(CC(c1ccccc1)c1ccccc1)NC1CNC(OO)C1. The molecule has 0 aromatic heterocycles. The van der Waals surface area contributed by atoms with Gasteiger partial charge in [-0.2, -0.15) is 0 Å². The molecule has 5 nitrogen and oxygen atoms in total. The van der Waals surface area contributed by atoms with Crippen LogP contribution in [0.4, 0.5) is 0 Å². The van der Waals surface area contributed by atoms with Crippen LogP contribution in [0.2, 0.25) is 0 Å². The fourth-order valence-corrected chi connectivity index (χ4v) is 3.16.